The van der Waals surface area contributed by atoms with E-state index in [0.717, 1.165) is 36.0 Å². The zero-order chi connectivity index (χ0) is 21.0. The molecule has 0 aliphatic heterocycles. The summed E-state index contributed by atoms with van der Waals surface area (Å²) in [5.41, 5.74) is 0.598. The van der Waals surface area contributed by atoms with Gasteiger partial charge in [0.25, 0.3) is 0 Å². The van der Waals surface area contributed by atoms with Gasteiger partial charge in [-0.15, -0.1) is 11.6 Å². The minimum absolute atomic E-state index is 0.0450. The smallest absolute Gasteiger partial charge is 0.0599 e. The molecule has 29 heavy (non-hydrogen) atoms. The van der Waals surface area contributed by atoms with Crippen LogP contribution < -0.4 is 0 Å². The van der Waals surface area contributed by atoms with E-state index < -0.39 is 0 Å². The van der Waals surface area contributed by atoms with Gasteiger partial charge in [0, 0.05) is 4.87 Å². The molecule has 0 spiro atoms. The summed E-state index contributed by atoms with van der Waals surface area (Å²) in [7, 11) is 0. The molecule has 4 fully saturated rings. The van der Waals surface area contributed by atoms with Crippen LogP contribution in [0.15, 0.2) is 0 Å². The molecule has 1 N–H and O–H groups in total. The molecule has 4 aliphatic carbocycles. The molecule has 2 unspecified atom stereocenters. The minimum Gasteiger partial charge on any atom is -0.393 e. The van der Waals surface area contributed by atoms with Gasteiger partial charge in [0.05, 0.1) is 6.10 Å². The first-order chi connectivity index (χ1) is 13.6. The number of hydrogen-bond donors (Lipinski definition) is 1. The fourth-order valence-electron chi connectivity index (χ4n) is 9.33. The Hall–Kier alpha value is 0.250. The predicted molar refractivity (Wildman–Crippen MR) is 124 cm³/mol. The molecular weight excluding hydrogens is 376 g/mol. The van der Waals surface area contributed by atoms with Crippen molar-refractivity contribution in [2.75, 3.05) is 0 Å². The highest BCUT2D eigenvalue weighted by Gasteiger charge is 2.63. The Bertz CT molecular complexity index is 585. The Kier molecular flexibility index (Phi) is 6.18. The molecule has 9 atom stereocenters. The number of hydrogen-bond acceptors (Lipinski definition) is 1. The van der Waals surface area contributed by atoms with Crippen LogP contribution >= 0.6 is 11.6 Å². The SMILES string of the molecule is CC(C)CCC[C@](C)(Cl)[C@H]1CC[C@H]2[C@@H]3CCC4CCCC(O)[C@]4(C)[C@H]3CC[C@@]21C. The maximum atomic E-state index is 11.1. The first-order valence-electron chi connectivity index (χ1n) is 13.0. The molecule has 0 bridgehead atoms. The van der Waals surface area contributed by atoms with Crippen molar-refractivity contribution in [2.24, 2.45) is 46.3 Å². The molecular formula is C27H47ClO. The van der Waals surface area contributed by atoms with Gasteiger partial charge in [-0.3, -0.25) is 0 Å². The van der Waals surface area contributed by atoms with E-state index in [4.69, 9.17) is 11.6 Å². The number of aliphatic hydroxyl groups excluding tert-OH is 1. The summed E-state index contributed by atoms with van der Waals surface area (Å²) in [6, 6.07) is 0. The van der Waals surface area contributed by atoms with Gasteiger partial charge in [0.15, 0.2) is 0 Å². The van der Waals surface area contributed by atoms with Crippen molar-refractivity contribution >= 4 is 11.6 Å². The van der Waals surface area contributed by atoms with Gasteiger partial charge in [-0.2, -0.15) is 0 Å². The van der Waals surface area contributed by atoms with E-state index in [1.54, 1.807) is 0 Å². The van der Waals surface area contributed by atoms with Gasteiger partial charge in [0.1, 0.15) is 0 Å². The number of alkyl halides is 1. The van der Waals surface area contributed by atoms with Gasteiger partial charge in [-0.25, -0.2) is 0 Å². The molecule has 0 radical (unpaired) electrons. The van der Waals surface area contributed by atoms with Crippen LogP contribution in [0.3, 0.4) is 0 Å². The van der Waals surface area contributed by atoms with E-state index in [1.165, 1.54) is 70.6 Å². The van der Waals surface area contributed by atoms with Gasteiger partial charge in [-0.05, 0) is 111 Å². The first-order valence-corrected chi connectivity index (χ1v) is 13.4. The highest BCUT2D eigenvalue weighted by atomic mass is 35.5. The standard InChI is InChI=1S/C27H47ClO/c1-18(2)8-7-16-26(4,28)23-14-13-21-20-12-11-19-9-6-10-24(29)27(19,5)22(20)15-17-25(21,23)3/h18-24,29H,6-17H2,1-5H3/t19?,20-,21-,22-,23-,24?,25-,26-,27-/m0/s1. The Balaban J connectivity index is 1.52. The fraction of sp³-hybridized carbons (Fsp3) is 1.00. The van der Waals surface area contributed by atoms with Crippen LogP contribution in [0.2, 0.25) is 0 Å². The summed E-state index contributed by atoms with van der Waals surface area (Å²) < 4.78 is 0. The molecule has 0 saturated heterocycles. The monoisotopic (exact) mass is 422 g/mol. The summed E-state index contributed by atoms with van der Waals surface area (Å²) in [6.45, 7) is 12.1. The molecule has 0 aromatic carbocycles. The topological polar surface area (TPSA) is 20.2 Å². The van der Waals surface area contributed by atoms with Gasteiger partial charge in [-0.1, -0.05) is 47.0 Å². The summed E-state index contributed by atoms with van der Waals surface area (Å²) in [5.74, 6) is 4.62. The van der Waals surface area contributed by atoms with E-state index >= 15 is 0 Å². The van der Waals surface area contributed by atoms with Crippen LogP contribution in [-0.4, -0.2) is 16.1 Å². The van der Waals surface area contributed by atoms with Crippen molar-refractivity contribution in [1.82, 2.24) is 0 Å². The van der Waals surface area contributed by atoms with Crippen molar-refractivity contribution in [3.05, 3.63) is 0 Å². The van der Waals surface area contributed by atoms with Crippen molar-refractivity contribution in [3.8, 4) is 0 Å². The maximum Gasteiger partial charge on any atom is 0.0599 e. The van der Waals surface area contributed by atoms with Gasteiger partial charge < -0.3 is 5.11 Å². The molecule has 4 aliphatic rings. The van der Waals surface area contributed by atoms with E-state index in [-0.39, 0.29) is 16.4 Å². The van der Waals surface area contributed by atoms with Crippen LogP contribution in [0, 0.1) is 46.3 Å². The molecule has 0 heterocycles. The largest absolute Gasteiger partial charge is 0.393 e. The lowest BCUT2D eigenvalue weighted by molar-refractivity contribution is -0.164. The van der Waals surface area contributed by atoms with Gasteiger partial charge >= 0.3 is 0 Å². The number of rotatable bonds is 5. The highest BCUT2D eigenvalue weighted by molar-refractivity contribution is 6.23. The van der Waals surface area contributed by atoms with E-state index in [0.29, 0.717) is 11.3 Å². The third-order valence-corrected chi connectivity index (χ3v) is 11.3. The van der Waals surface area contributed by atoms with Crippen LogP contribution in [0.4, 0.5) is 0 Å². The maximum absolute atomic E-state index is 11.1. The lowest BCUT2D eigenvalue weighted by atomic mass is 9.44. The lowest BCUT2D eigenvalue weighted by Gasteiger charge is -2.62. The summed E-state index contributed by atoms with van der Waals surface area (Å²) in [6.07, 6.45) is 15.5. The number of halogens is 1. The van der Waals surface area contributed by atoms with Crippen LogP contribution in [0.5, 0.6) is 0 Å². The second kappa shape index (κ2) is 7.99. The first kappa shape index (κ1) is 22.4. The minimum atomic E-state index is -0.0649. The summed E-state index contributed by atoms with van der Waals surface area (Å²) in [5, 5.41) is 11.1. The second-order valence-electron chi connectivity index (χ2n) is 12.7. The van der Waals surface area contributed by atoms with E-state index in [1.807, 2.05) is 0 Å². The zero-order valence-electron chi connectivity index (χ0n) is 19.9. The third-order valence-electron chi connectivity index (χ3n) is 10.9. The molecule has 168 valence electrons. The molecule has 0 amide bonds. The fourth-order valence-corrected chi connectivity index (χ4v) is 9.82. The molecule has 4 saturated carbocycles. The lowest BCUT2D eigenvalue weighted by Crippen LogP contribution is -2.58. The van der Waals surface area contributed by atoms with Crippen molar-refractivity contribution in [1.29, 1.82) is 0 Å². The summed E-state index contributed by atoms with van der Waals surface area (Å²) in [4.78, 5) is -0.0450. The highest BCUT2D eigenvalue weighted by Crippen LogP contribution is 2.69. The predicted octanol–water partition coefficient (Wildman–Crippen LogP) is 7.83. The van der Waals surface area contributed by atoms with Crippen molar-refractivity contribution in [3.63, 3.8) is 0 Å². The Morgan fingerprint density at radius 2 is 1.76 bits per heavy atom. The van der Waals surface area contributed by atoms with Crippen LogP contribution in [0.1, 0.15) is 112 Å². The van der Waals surface area contributed by atoms with E-state index in [9.17, 15) is 5.11 Å². The Morgan fingerprint density at radius 3 is 2.48 bits per heavy atom. The molecule has 0 aromatic rings. The van der Waals surface area contributed by atoms with Gasteiger partial charge in [0.2, 0.25) is 0 Å². The molecule has 1 nitrogen and oxygen atoms in total. The Morgan fingerprint density at radius 1 is 1.00 bits per heavy atom. The summed E-state index contributed by atoms with van der Waals surface area (Å²) >= 11 is 7.33. The molecule has 2 heteroatoms. The average molecular weight is 423 g/mol. The molecule has 4 rings (SSSR count). The number of aliphatic hydroxyl groups is 1. The Labute approximate surface area is 185 Å². The van der Waals surface area contributed by atoms with Crippen molar-refractivity contribution < 1.29 is 5.11 Å². The average Bonchev–Trinajstić information content (AvgIpc) is 3.00. The zero-order valence-corrected chi connectivity index (χ0v) is 20.6. The van der Waals surface area contributed by atoms with E-state index in [2.05, 4.69) is 34.6 Å². The van der Waals surface area contributed by atoms with Crippen molar-refractivity contribution in [2.45, 2.75) is 123 Å². The van der Waals surface area contributed by atoms with Crippen LogP contribution in [0.25, 0.3) is 0 Å². The third kappa shape index (κ3) is 3.63. The molecule has 0 aromatic heterocycles. The number of fused-ring (bicyclic) bond motifs is 5. The quantitative estimate of drug-likeness (QED) is 0.447. The van der Waals surface area contributed by atoms with Crippen LogP contribution in [-0.2, 0) is 0 Å². The second-order valence-corrected chi connectivity index (χ2v) is 13.6. The normalized spacial score (nSPS) is 49.2.